The fourth-order valence-corrected chi connectivity index (χ4v) is 1.36. The summed E-state index contributed by atoms with van der Waals surface area (Å²) in [6.45, 7) is 0.527. The van der Waals surface area contributed by atoms with Crippen molar-refractivity contribution in [2.45, 2.75) is 6.42 Å². The van der Waals surface area contributed by atoms with E-state index in [-0.39, 0.29) is 10.6 Å². The zero-order valence-corrected chi connectivity index (χ0v) is 9.40. The fraction of sp³-hybridized carbons (Fsp3) is 0.286. The van der Waals surface area contributed by atoms with E-state index < -0.39 is 0 Å². The Morgan fingerprint density at radius 2 is 1.94 bits per heavy atom. The number of rotatable bonds is 4. The lowest BCUT2D eigenvalue weighted by Crippen LogP contribution is -2.08. The van der Waals surface area contributed by atoms with Gasteiger partial charge in [0.15, 0.2) is 6.33 Å². The van der Waals surface area contributed by atoms with E-state index in [1.807, 2.05) is 0 Å². The Bertz CT molecular complexity index is 442. The maximum absolute atomic E-state index is 5.60. The Morgan fingerprint density at radius 3 is 2.56 bits per heavy atom. The summed E-state index contributed by atoms with van der Waals surface area (Å²) in [5.74, 6) is 0.836. The molecule has 0 aromatic carbocycles. The van der Waals surface area contributed by atoms with Gasteiger partial charge in [0.05, 0.1) is 0 Å². The Hall–Kier alpha value is -1.47. The molecule has 0 unspecified atom stereocenters. The van der Waals surface area contributed by atoms with Crippen LogP contribution in [0.4, 0.5) is 5.95 Å². The Balaban J connectivity index is 1.89. The van der Waals surface area contributed by atoms with Gasteiger partial charge >= 0.3 is 0 Å². The van der Waals surface area contributed by atoms with E-state index in [1.54, 1.807) is 0 Å². The van der Waals surface area contributed by atoms with E-state index in [0.29, 0.717) is 24.8 Å². The van der Waals surface area contributed by atoms with E-state index in [9.17, 15) is 0 Å². The highest BCUT2D eigenvalue weighted by Crippen LogP contribution is 2.09. The molecule has 0 saturated heterocycles. The van der Waals surface area contributed by atoms with Crippen LogP contribution in [-0.4, -0.2) is 31.6 Å². The predicted octanol–water partition coefficient (Wildman–Crippen LogP) is 1.22. The first-order valence-corrected chi connectivity index (χ1v) is 5.06. The van der Waals surface area contributed by atoms with E-state index >= 15 is 0 Å². The van der Waals surface area contributed by atoms with Crippen molar-refractivity contribution < 1.29 is 4.52 Å². The van der Waals surface area contributed by atoms with Crippen LogP contribution in [0, 0.1) is 0 Å². The van der Waals surface area contributed by atoms with E-state index in [4.69, 9.17) is 27.7 Å². The molecule has 0 atom stereocenters. The van der Waals surface area contributed by atoms with Gasteiger partial charge in [0.2, 0.25) is 22.4 Å². The predicted molar refractivity (Wildman–Crippen MR) is 56.3 cm³/mol. The van der Waals surface area contributed by atoms with Crippen molar-refractivity contribution in [1.82, 2.24) is 25.1 Å². The number of hydrogen-bond donors (Lipinski definition) is 1. The van der Waals surface area contributed by atoms with E-state index in [2.05, 4.69) is 30.4 Å². The first-order chi connectivity index (χ1) is 7.74. The van der Waals surface area contributed by atoms with Crippen LogP contribution in [0.5, 0.6) is 0 Å². The largest absolute Gasteiger partial charge is 0.354 e. The third-order valence-corrected chi connectivity index (χ3v) is 1.95. The lowest BCUT2D eigenvalue weighted by Gasteiger charge is -2.02. The quantitative estimate of drug-likeness (QED) is 0.884. The molecule has 16 heavy (non-hydrogen) atoms. The lowest BCUT2D eigenvalue weighted by atomic mass is 10.4. The third kappa shape index (κ3) is 3.01. The van der Waals surface area contributed by atoms with Crippen molar-refractivity contribution in [2.75, 3.05) is 11.9 Å². The molecule has 0 radical (unpaired) electrons. The number of halogens is 2. The average molecular weight is 261 g/mol. The summed E-state index contributed by atoms with van der Waals surface area (Å²) in [5.41, 5.74) is 0. The summed E-state index contributed by atoms with van der Waals surface area (Å²) < 4.78 is 4.81. The molecule has 2 rings (SSSR count). The van der Waals surface area contributed by atoms with Gasteiger partial charge < -0.3 is 9.84 Å². The topological polar surface area (TPSA) is 89.6 Å². The molecule has 1 N–H and O–H groups in total. The van der Waals surface area contributed by atoms with Crippen molar-refractivity contribution in [3.05, 3.63) is 22.8 Å². The van der Waals surface area contributed by atoms with E-state index in [0.717, 1.165) is 0 Å². The van der Waals surface area contributed by atoms with Crippen LogP contribution in [0.15, 0.2) is 10.9 Å². The molecule has 0 aliphatic carbocycles. The molecule has 0 bridgehead atoms. The fourth-order valence-electron chi connectivity index (χ4n) is 0.992. The highest BCUT2D eigenvalue weighted by Gasteiger charge is 2.03. The van der Waals surface area contributed by atoms with Gasteiger partial charge in [0.1, 0.15) is 0 Å². The Morgan fingerprint density at radius 1 is 1.19 bits per heavy atom. The minimum Gasteiger partial charge on any atom is -0.354 e. The number of aromatic nitrogens is 5. The van der Waals surface area contributed by atoms with Gasteiger partial charge in [0.25, 0.3) is 0 Å². The van der Waals surface area contributed by atoms with Gasteiger partial charge in [-0.05, 0) is 23.2 Å². The van der Waals surface area contributed by atoms with Gasteiger partial charge in [-0.15, -0.1) is 0 Å². The van der Waals surface area contributed by atoms with Gasteiger partial charge in [-0.1, -0.05) is 5.16 Å². The summed E-state index contributed by atoms with van der Waals surface area (Å²) in [7, 11) is 0. The molecular formula is C7H6Cl2N6O. The molecule has 9 heteroatoms. The number of nitrogens with one attached hydrogen (secondary N) is 1. The molecule has 0 aliphatic heterocycles. The van der Waals surface area contributed by atoms with Crippen molar-refractivity contribution >= 4 is 29.2 Å². The minimum absolute atomic E-state index is 0.0419. The van der Waals surface area contributed by atoms with Crippen LogP contribution in [0.2, 0.25) is 10.6 Å². The Kier molecular flexibility index (Phi) is 3.47. The summed E-state index contributed by atoms with van der Waals surface area (Å²) in [6.07, 6.45) is 1.90. The summed E-state index contributed by atoms with van der Waals surface area (Å²) in [4.78, 5) is 15.1. The van der Waals surface area contributed by atoms with Gasteiger partial charge in [-0.2, -0.15) is 19.9 Å². The molecule has 0 amide bonds. The molecule has 84 valence electrons. The third-order valence-electron chi connectivity index (χ3n) is 1.61. The highest BCUT2D eigenvalue weighted by molar-refractivity contribution is 6.31. The molecular weight excluding hydrogens is 255 g/mol. The summed E-state index contributed by atoms with van der Waals surface area (Å²) in [5, 5.41) is 6.47. The van der Waals surface area contributed by atoms with Crippen molar-refractivity contribution in [3.8, 4) is 0 Å². The van der Waals surface area contributed by atoms with Crippen LogP contribution < -0.4 is 5.32 Å². The Labute approximate surface area is 100 Å². The zero-order chi connectivity index (χ0) is 11.4. The number of nitrogens with zero attached hydrogens (tertiary/aromatic N) is 5. The van der Waals surface area contributed by atoms with Crippen molar-refractivity contribution in [2.24, 2.45) is 0 Å². The second-order valence-corrected chi connectivity index (χ2v) is 3.38. The molecule has 2 aromatic rings. The number of anilines is 1. The zero-order valence-electron chi connectivity index (χ0n) is 7.89. The van der Waals surface area contributed by atoms with Gasteiger partial charge in [-0.3, -0.25) is 0 Å². The van der Waals surface area contributed by atoms with Gasteiger partial charge in [-0.25, -0.2) is 0 Å². The normalized spacial score (nSPS) is 10.4. The first kappa shape index (κ1) is 11.0. The average Bonchev–Trinajstić information content (AvgIpc) is 2.69. The molecule has 0 spiro atoms. The van der Waals surface area contributed by atoms with Crippen molar-refractivity contribution in [3.63, 3.8) is 0 Å². The van der Waals surface area contributed by atoms with Crippen molar-refractivity contribution in [1.29, 1.82) is 0 Å². The van der Waals surface area contributed by atoms with Crippen LogP contribution in [0.3, 0.4) is 0 Å². The molecule has 7 nitrogen and oxygen atoms in total. The molecule has 0 saturated carbocycles. The van der Waals surface area contributed by atoms with Crippen LogP contribution >= 0.6 is 23.2 Å². The standard InChI is InChI=1S/C7H6Cl2N6O/c8-5-13-6(9)15-7(14-5)10-2-1-4-11-3-12-16-4/h3H,1-2H2,(H,10,13,14,15). The molecule has 0 aliphatic rings. The molecule has 2 heterocycles. The van der Waals surface area contributed by atoms with Crippen LogP contribution in [-0.2, 0) is 6.42 Å². The summed E-state index contributed by atoms with van der Waals surface area (Å²) in [6, 6.07) is 0. The SMILES string of the molecule is Clc1nc(Cl)nc(NCCc2ncno2)n1. The van der Waals surface area contributed by atoms with Crippen LogP contribution in [0.1, 0.15) is 5.89 Å². The second kappa shape index (κ2) is 5.04. The van der Waals surface area contributed by atoms with E-state index in [1.165, 1.54) is 6.33 Å². The number of hydrogen-bond acceptors (Lipinski definition) is 7. The van der Waals surface area contributed by atoms with Gasteiger partial charge in [0, 0.05) is 13.0 Å². The second-order valence-electron chi connectivity index (χ2n) is 2.71. The van der Waals surface area contributed by atoms with Crippen LogP contribution in [0.25, 0.3) is 0 Å². The highest BCUT2D eigenvalue weighted by atomic mass is 35.5. The molecule has 2 aromatic heterocycles. The smallest absolute Gasteiger partial charge is 0.228 e. The molecule has 0 fully saturated rings. The maximum atomic E-state index is 5.60. The summed E-state index contributed by atoms with van der Waals surface area (Å²) >= 11 is 11.2. The maximum Gasteiger partial charge on any atom is 0.228 e. The monoisotopic (exact) mass is 260 g/mol. The first-order valence-electron chi connectivity index (χ1n) is 4.30. The minimum atomic E-state index is 0.0419. The lowest BCUT2D eigenvalue weighted by molar-refractivity contribution is 0.379.